The number of carbonyl (C=O) groups is 1. The Morgan fingerprint density at radius 2 is 2.05 bits per heavy atom. The number of amides is 1. The largest absolute Gasteiger partial charge is 0.378 e. The zero-order valence-electron chi connectivity index (χ0n) is 10.5. The molecule has 0 spiro atoms. The average Bonchev–Trinajstić information content (AvgIpc) is 2.40. The molecule has 4 nitrogen and oxygen atoms in total. The molecule has 0 saturated heterocycles. The van der Waals surface area contributed by atoms with Crippen molar-refractivity contribution in [3.63, 3.8) is 0 Å². The Labute approximate surface area is 116 Å². The zero-order valence-corrected chi connectivity index (χ0v) is 11.2. The van der Waals surface area contributed by atoms with Crippen molar-refractivity contribution in [1.82, 2.24) is 4.98 Å². The molecule has 5 heteroatoms. The third kappa shape index (κ3) is 3.45. The Balaban J connectivity index is 2.06. The van der Waals surface area contributed by atoms with E-state index in [0.29, 0.717) is 17.3 Å². The molecule has 0 aliphatic carbocycles. The maximum absolute atomic E-state index is 11.0. The molecule has 0 unspecified atom stereocenters. The van der Waals surface area contributed by atoms with Crippen molar-refractivity contribution in [3.8, 4) is 0 Å². The minimum atomic E-state index is -0.426. The van der Waals surface area contributed by atoms with E-state index in [1.807, 2.05) is 25.1 Å². The molecule has 0 fully saturated rings. The van der Waals surface area contributed by atoms with E-state index in [2.05, 4.69) is 10.3 Å². The number of aromatic nitrogens is 1. The van der Waals surface area contributed by atoms with E-state index in [0.717, 1.165) is 16.8 Å². The van der Waals surface area contributed by atoms with Gasteiger partial charge in [0, 0.05) is 18.3 Å². The molecule has 0 radical (unpaired) electrons. The lowest BCUT2D eigenvalue weighted by Gasteiger charge is -2.09. The molecule has 1 aromatic heterocycles. The number of pyridine rings is 1. The van der Waals surface area contributed by atoms with Crippen LogP contribution in [0.15, 0.2) is 36.5 Å². The van der Waals surface area contributed by atoms with Gasteiger partial charge in [0.05, 0.1) is 5.69 Å². The molecule has 2 aromatic rings. The lowest BCUT2D eigenvalue weighted by Crippen LogP contribution is -2.10. The molecule has 0 aliphatic rings. The quantitative estimate of drug-likeness (QED) is 0.843. The van der Waals surface area contributed by atoms with Crippen LogP contribution in [0.1, 0.15) is 21.5 Å². The fourth-order valence-corrected chi connectivity index (χ4v) is 1.83. The molecule has 0 aliphatic heterocycles. The highest BCUT2D eigenvalue weighted by molar-refractivity contribution is 6.31. The molecule has 0 saturated carbocycles. The third-order valence-electron chi connectivity index (χ3n) is 2.70. The number of nitrogens with zero attached hydrogens (tertiary/aromatic N) is 1. The summed E-state index contributed by atoms with van der Waals surface area (Å²) in [4.78, 5) is 15.0. The van der Waals surface area contributed by atoms with E-state index < -0.39 is 5.91 Å². The van der Waals surface area contributed by atoms with E-state index in [4.69, 9.17) is 17.3 Å². The van der Waals surface area contributed by atoms with Gasteiger partial charge in [-0.15, -0.1) is 0 Å². The fourth-order valence-electron chi connectivity index (χ4n) is 1.66. The van der Waals surface area contributed by atoms with E-state index in [1.54, 1.807) is 18.3 Å². The SMILES string of the molecule is Cc1cnc(Cl)c(NCc2ccc(C(N)=O)cc2)c1. The molecular weight excluding hydrogens is 262 g/mol. The Bertz CT molecular complexity index is 596. The van der Waals surface area contributed by atoms with Crippen LogP contribution in [0.3, 0.4) is 0 Å². The first kappa shape index (κ1) is 13.4. The molecular formula is C14H14ClN3O. The van der Waals surface area contributed by atoms with Gasteiger partial charge in [-0.25, -0.2) is 4.98 Å². The predicted octanol–water partition coefficient (Wildman–Crippen LogP) is 2.75. The van der Waals surface area contributed by atoms with Crippen LogP contribution in [-0.4, -0.2) is 10.9 Å². The second-order valence-corrected chi connectivity index (χ2v) is 4.62. The van der Waals surface area contributed by atoms with Crippen LogP contribution in [0.4, 0.5) is 5.69 Å². The number of hydrogen-bond donors (Lipinski definition) is 2. The number of anilines is 1. The Kier molecular flexibility index (Phi) is 4.02. The van der Waals surface area contributed by atoms with Gasteiger partial charge in [0.15, 0.2) is 5.15 Å². The van der Waals surface area contributed by atoms with Gasteiger partial charge in [-0.05, 0) is 36.2 Å². The first-order valence-electron chi connectivity index (χ1n) is 5.81. The van der Waals surface area contributed by atoms with Crippen molar-refractivity contribution >= 4 is 23.2 Å². The second kappa shape index (κ2) is 5.71. The summed E-state index contributed by atoms with van der Waals surface area (Å²) >= 11 is 5.99. The van der Waals surface area contributed by atoms with Gasteiger partial charge < -0.3 is 11.1 Å². The number of benzene rings is 1. The van der Waals surface area contributed by atoms with Crippen molar-refractivity contribution in [2.45, 2.75) is 13.5 Å². The van der Waals surface area contributed by atoms with Crippen molar-refractivity contribution in [2.24, 2.45) is 5.73 Å². The first-order valence-corrected chi connectivity index (χ1v) is 6.19. The van der Waals surface area contributed by atoms with E-state index in [9.17, 15) is 4.79 Å². The van der Waals surface area contributed by atoms with Crippen LogP contribution >= 0.6 is 11.6 Å². The van der Waals surface area contributed by atoms with Crippen LogP contribution in [0, 0.1) is 6.92 Å². The number of primary amides is 1. The fraction of sp³-hybridized carbons (Fsp3) is 0.143. The van der Waals surface area contributed by atoms with Crippen molar-refractivity contribution < 1.29 is 4.79 Å². The molecule has 0 atom stereocenters. The summed E-state index contributed by atoms with van der Waals surface area (Å²) in [6, 6.07) is 9.05. The van der Waals surface area contributed by atoms with Crippen LogP contribution in [0.25, 0.3) is 0 Å². The van der Waals surface area contributed by atoms with Gasteiger partial charge in [-0.2, -0.15) is 0 Å². The van der Waals surface area contributed by atoms with E-state index >= 15 is 0 Å². The minimum Gasteiger partial charge on any atom is -0.378 e. The summed E-state index contributed by atoms with van der Waals surface area (Å²) in [5.74, 6) is -0.426. The standard InChI is InChI=1S/C14H14ClN3O/c1-9-6-12(13(15)18-7-9)17-8-10-2-4-11(5-3-10)14(16)19/h2-7,17H,8H2,1H3,(H2,16,19). The molecule has 1 aromatic carbocycles. The molecule has 3 N–H and O–H groups in total. The Morgan fingerprint density at radius 1 is 1.37 bits per heavy atom. The van der Waals surface area contributed by atoms with Gasteiger partial charge in [0.2, 0.25) is 5.91 Å². The van der Waals surface area contributed by atoms with Crippen LogP contribution in [0.5, 0.6) is 0 Å². The summed E-state index contributed by atoms with van der Waals surface area (Å²) in [6.07, 6.45) is 1.72. The summed E-state index contributed by atoms with van der Waals surface area (Å²) in [6.45, 7) is 2.56. The third-order valence-corrected chi connectivity index (χ3v) is 3.00. The van der Waals surface area contributed by atoms with E-state index in [-0.39, 0.29) is 0 Å². The van der Waals surface area contributed by atoms with Gasteiger partial charge in [-0.3, -0.25) is 4.79 Å². The smallest absolute Gasteiger partial charge is 0.248 e. The first-order chi connectivity index (χ1) is 9.06. The second-order valence-electron chi connectivity index (χ2n) is 4.27. The topological polar surface area (TPSA) is 68.0 Å². The summed E-state index contributed by atoms with van der Waals surface area (Å²) in [5, 5.41) is 3.65. The Morgan fingerprint density at radius 3 is 2.68 bits per heavy atom. The average molecular weight is 276 g/mol. The highest BCUT2D eigenvalue weighted by atomic mass is 35.5. The molecule has 1 amide bonds. The van der Waals surface area contributed by atoms with Crippen molar-refractivity contribution in [1.29, 1.82) is 0 Å². The molecule has 1 heterocycles. The van der Waals surface area contributed by atoms with Crippen molar-refractivity contribution in [3.05, 3.63) is 58.4 Å². The van der Waals surface area contributed by atoms with Crippen LogP contribution < -0.4 is 11.1 Å². The minimum absolute atomic E-state index is 0.426. The van der Waals surface area contributed by atoms with Gasteiger partial charge >= 0.3 is 0 Å². The van der Waals surface area contributed by atoms with Gasteiger partial charge in [-0.1, -0.05) is 23.7 Å². The molecule has 0 bridgehead atoms. The number of nitrogens with two attached hydrogens (primary N) is 1. The Hall–Kier alpha value is -2.07. The number of hydrogen-bond acceptors (Lipinski definition) is 3. The highest BCUT2D eigenvalue weighted by Crippen LogP contribution is 2.20. The molecule has 19 heavy (non-hydrogen) atoms. The van der Waals surface area contributed by atoms with Gasteiger partial charge in [0.1, 0.15) is 0 Å². The van der Waals surface area contributed by atoms with E-state index in [1.165, 1.54) is 0 Å². The molecule has 2 rings (SSSR count). The monoisotopic (exact) mass is 275 g/mol. The number of rotatable bonds is 4. The van der Waals surface area contributed by atoms with Crippen molar-refractivity contribution in [2.75, 3.05) is 5.32 Å². The predicted molar refractivity (Wildman–Crippen MR) is 76.3 cm³/mol. The highest BCUT2D eigenvalue weighted by Gasteiger charge is 2.03. The summed E-state index contributed by atoms with van der Waals surface area (Å²) in [7, 11) is 0. The van der Waals surface area contributed by atoms with Gasteiger partial charge in [0.25, 0.3) is 0 Å². The number of halogens is 1. The summed E-state index contributed by atoms with van der Waals surface area (Å²) < 4.78 is 0. The zero-order chi connectivity index (χ0) is 13.8. The number of aryl methyl sites for hydroxylation is 1. The van der Waals surface area contributed by atoms with Crippen LogP contribution in [0.2, 0.25) is 5.15 Å². The summed E-state index contributed by atoms with van der Waals surface area (Å²) in [5.41, 5.74) is 8.54. The number of carbonyl (C=O) groups excluding carboxylic acids is 1. The normalized spacial score (nSPS) is 10.2. The maximum atomic E-state index is 11.0. The molecule has 98 valence electrons. The number of nitrogens with one attached hydrogen (secondary N) is 1. The lowest BCUT2D eigenvalue weighted by molar-refractivity contribution is 0.100. The maximum Gasteiger partial charge on any atom is 0.248 e. The van der Waals surface area contributed by atoms with Crippen LogP contribution in [-0.2, 0) is 6.54 Å². The lowest BCUT2D eigenvalue weighted by atomic mass is 10.1.